The van der Waals surface area contributed by atoms with Crippen LogP contribution in [0.2, 0.25) is 0 Å². The standard InChI is InChI=1S/C10H14O2/c1-12-10-6-4-8(5-7-10)2-3-9(10)11/h2-4,6,8-9,11H,5,7H2,1H3. The third kappa shape index (κ3) is 1.03. The number of hydrogen-bond donors (Lipinski definition) is 1. The summed E-state index contributed by atoms with van der Waals surface area (Å²) in [5.41, 5.74) is -0.441. The van der Waals surface area contributed by atoms with Crippen LogP contribution in [0, 0.1) is 5.92 Å². The average molecular weight is 166 g/mol. The van der Waals surface area contributed by atoms with Gasteiger partial charge in [-0.05, 0) is 18.8 Å². The summed E-state index contributed by atoms with van der Waals surface area (Å²) in [4.78, 5) is 0. The van der Waals surface area contributed by atoms with Crippen molar-refractivity contribution in [1.29, 1.82) is 0 Å². The maximum Gasteiger partial charge on any atom is 0.115 e. The Morgan fingerprint density at radius 1 is 1.42 bits per heavy atom. The lowest BCUT2D eigenvalue weighted by molar-refractivity contribution is -0.0556. The first-order chi connectivity index (χ1) is 5.77. The molecule has 0 aromatic heterocycles. The van der Waals surface area contributed by atoms with E-state index in [0.717, 1.165) is 12.8 Å². The minimum absolute atomic E-state index is 0.441. The molecule has 0 fully saturated rings. The Labute approximate surface area is 72.5 Å². The smallest absolute Gasteiger partial charge is 0.115 e. The summed E-state index contributed by atoms with van der Waals surface area (Å²) in [7, 11) is 1.66. The minimum Gasteiger partial charge on any atom is -0.386 e. The predicted molar refractivity (Wildman–Crippen MR) is 46.8 cm³/mol. The molecule has 66 valence electrons. The summed E-state index contributed by atoms with van der Waals surface area (Å²) < 4.78 is 5.37. The third-order valence-electron chi connectivity index (χ3n) is 2.92. The Kier molecular flexibility index (Phi) is 1.81. The van der Waals surface area contributed by atoms with Crippen LogP contribution in [0.4, 0.5) is 0 Å². The molecular weight excluding hydrogens is 152 g/mol. The van der Waals surface area contributed by atoms with Gasteiger partial charge in [0.1, 0.15) is 11.7 Å². The first-order valence-electron chi connectivity index (χ1n) is 4.38. The van der Waals surface area contributed by atoms with E-state index in [-0.39, 0.29) is 0 Å². The van der Waals surface area contributed by atoms with E-state index in [9.17, 15) is 5.11 Å². The Morgan fingerprint density at radius 3 is 2.83 bits per heavy atom. The van der Waals surface area contributed by atoms with Crippen LogP contribution in [0.1, 0.15) is 12.8 Å². The van der Waals surface area contributed by atoms with E-state index < -0.39 is 11.7 Å². The van der Waals surface area contributed by atoms with Gasteiger partial charge < -0.3 is 9.84 Å². The molecule has 3 unspecified atom stereocenters. The first-order valence-corrected chi connectivity index (χ1v) is 4.38. The molecule has 0 aliphatic heterocycles. The first kappa shape index (κ1) is 8.02. The lowest BCUT2D eigenvalue weighted by Crippen LogP contribution is -2.41. The van der Waals surface area contributed by atoms with Gasteiger partial charge in [-0.3, -0.25) is 0 Å². The molecule has 0 aromatic carbocycles. The van der Waals surface area contributed by atoms with E-state index in [1.54, 1.807) is 7.11 Å². The van der Waals surface area contributed by atoms with Gasteiger partial charge in [0, 0.05) is 7.11 Å². The normalized spacial score (nSPS) is 44.8. The highest BCUT2D eigenvalue weighted by molar-refractivity contribution is 5.23. The summed E-state index contributed by atoms with van der Waals surface area (Å²) >= 11 is 0. The lowest BCUT2D eigenvalue weighted by atomic mass is 9.85. The Bertz CT molecular complexity index is 232. The van der Waals surface area contributed by atoms with E-state index in [1.165, 1.54) is 0 Å². The molecule has 3 rings (SSSR count). The van der Waals surface area contributed by atoms with Crippen molar-refractivity contribution in [3.63, 3.8) is 0 Å². The van der Waals surface area contributed by atoms with Gasteiger partial charge in [0.25, 0.3) is 0 Å². The topological polar surface area (TPSA) is 29.5 Å². The number of rotatable bonds is 1. The molecule has 0 aromatic rings. The van der Waals surface area contributed by atoms with Gasteiger partial charge in [-0.25, -0.2) is 0 Å². The molecule has 0 heterocycles. The molecule has 2 nitrogen and oxygen atoms in total. The number of methoxy groups -OCH3 is 1. The van der Waals surface area contributed by atoms with Gasteiger partial charge in [-0.1, -0.05) is 24.3 Å². The molecule has 2 bridgehead atoms. The van der Waals surface area contributed by atoms with Crippen molar-refractivity contribution >= 4 is 0 Å². The maximum absolute atomic E-state index is 9.76. The van der Waals surface area contributed by atoms with Crippen LogP contribution in [0.5, 0.6) is 0 Å². The van der Waals surface area contributed by atoms with Crippen molar-refractivity contribution in [2.24, 2.45) is 5.92 Å². The number of ether oxygens (including phenoxy) is 1. The molecule has 2 heteroatoms. The minimum atomic E-state index is -0.480. The van der Waals surface area contributed by atoms with Crippen molar-refractivity contribution in [1.82, 2.24) is 0 Å². The highest BCUT2D eigenvalue weighted by Gasteiger charge is 2.38. The molecule has 0 saturated heterocycles. The fourth-order valence-electron chi connectivity index (χ4n) is 1.97. The monoisotopic (exact) mass is 166 g/mol. The van der Waals surface area contributed by atoms with Crippen LogP contribution in [0.25, 0.3) is 0 Å². The molecule has 1 N–H and O–H groups in total. The molecular formula is C10H14O2. The number of fused-ring (bicyclic) bond motifs is 2. The second-order valence-electron chi connectivity index (χ2n) is 3.55. The van der Waals surface area contributed by atoms with Crippen molar-refractivity contribution in [3.05, 3.63) is 24.3 Å². The summed E-state index contributed by atoms with van der Waals surface area (Å²) in [6, 6.07) is 0. The second-order valence-corrected chi connectivity index (χ2v) is 3.55. The molecule has 0 amide bonds. The average Bonchev–Trinajstić information content (AvgIpc) is 2.37. The predicted octanol–water partition coefficient (Wildman–Crippen LogP) is 1.27. The van der Waals surface area contributed by atoms with Crippen LogP contribution in [-0.2, 0) is 4.74 Å². The Balaban J connectivity index is 2.36. The zero-order chi connectivity index (χ0) is 8.60. The van der Waals surface area contributed by atoms with Crippen LogP contribution in [0.15, 0.2) is 24.3 Å². The van der Waals surface area contributed by atoms with Crippen molar-refractivity contribution < 1.29 is 9.84 Å². The fourth-order valence-corrected chi connectivity index (χ4v) is 1.97. The van der Waals surface area contributed by atoms with Crippen molar-refractivity contribution in [2.45, 2.75) is 24.5 Å². The van der Waals surface area contributed by atoms with Crippen molar-refractivity contribution in [2.75, 3.05) is 7.11 Å². The quantitative estimate of drug-likeness (QED) is 0.594. The van der Waals surface area contributed by atoms with Crippen LogP contribution < -0.4 is 0 Å². The summed E-state index contributed by atoms with van der Waals surface area (Å²) in [5, 5.41) is 9.76. The molecule has 0 spiro atoms. The molecule has 0 radical (unpaired) electrons. The third-order valence-corrected chi connectivity index (χ3v) is 2.92. The highest BCUT2D eigenvalue weighted by atomic mass is 16.5. The van der Waals surface area contributed by atoms with Gasteiger partial charge in [0.2, 0.25) is 0 Å². The lowest BCUT2D eigenvalue weighted by Gasteiger charge is -2.34. The Morgan fingerprint density at radius 2 is 2.25 bits per heavy atom. The van der Waals surface area contributed by atoms with E-state index in [2.05, 4.69) is 12.2 Å². The van der Waals surface area contributed by atoms with Crippen LogP contribution in [0.3, 0.4) is 0 Å². The number of aliphatic hydroxyl groups excluding tert-OH is 1. The van der Waals surface area contributed by atoms with Gasteiger partial charge in [-0.15, -0.1) is 0 Å². The van der Waals surface area contributed by atoms with E-state index in [1.807, 2.05) is 12.2 Å². The SMILES string of the molecule is COC12C=CC(C=CC1O)CC2. The van der Waals surface area contributed by atoms with Gasteiger partial charge in [0.15, 0.2) is 0 Å². The van der Waals surface area contributed by atoms with Gasteiger partial charge in [-0.2, -0.15) is 0 Å². The zero-order valence-electron chi connectivity index (χ0n) is 7.23. The number of hydrogen-bond acceptors (Lipinski definition) is 2. The van der Waals surface area contributed by atoms with Gasteiger partial charge >= 0.3 is 0 Å². The van der Waals surface area contributed by atoms with E-state index in [4.69, 9.17) is 4.74 Å². The summed E-state index contributed by atoms with van der Waals surface area (Å²) in [5.74, 6) is 0.505. The zero-order valence-corrected chi connectivity index (χ0v) is 7.23. The number of aliphatic hydroxyl groups is 1. The number of allylic oxidation sites excluding steroid dienone is 2. The van der Waals surface area contributed by atoms with Gasteiger partial charge in [0.05, 0.1) is 0 Å². The van der Waals surface area contributed by atoms with Crippen LogP contribution >= 0.6 is 0 Å². The molecule has 3 aliphatic rings. The summed E-state index contributed by atoms with van der Waals surface area (Å²) in [6.07, 6.45) is 9.56. The highest BCUT2D eigenvalue weighted by Crippen LogP contribution is 2.35. The molecule has 3 aliphatic carbocycles. The van der Waals surface area contributed by atoms with Crippen molar-refractivity contribution in [3.8, 4) is 0 Å². The van der Waals surface area contributed by atoms with E-state index in [0.29, 0.717) is 5.92 Å². The Hall–Kier alpha value is -0.600. The maximum atomic E-state index is 9.76. The van der Waals surface area contributed by atoms with Crippen LogP contribution in [-0.4, -0.2) is 23.9 Å². The molecule has 3 atom stereocenters. The molecule has 0 saturated carbocycles. The second kappa shape index (κ2) is 2.71. The summed E-state index contributed by atoms with van der Waals surface area (Å²) in [6.45, 7) is 0. The fraction of sp³-hybridized carbons (Fsp3) is 0.600. The largest absolute Gasteiger partial charge is 0.386 e. The van der Waals surface area contributed by atoms with E-state index >= 15 is 0 Å². The molecule has 12 heavy (non-hydrogen) atoms.